The lowest BCUT2D eigenvalue weighted by Gasteiger charge is -2.18. The molecule has 3 aromatic carbocycles. The maximum Gasteiger partial charge on any atom is 0.339 e. The SMILES string of the molecule is COc1cc(C(=O)OC(C(=O)c2c[nH]c3ccccc23)c2ccccc2)ccc1OC(C)C. The summed E-state index contributed by atoms with van der Waals surface area (Å²) in [6, 6.07) is 21.3. The number of benzene rings is 3. The Balaban J connectivity index is 1.66. The largest absolute Gasteiger partial charge is 0.493 e. The van der Waals surface area contributed by atoms with E-state index in [2.05, 4.69) is 4.98 Å². The molecule has 0 amide bonds. The summed E-state index contributed by atoms with van der Waals surface area (Å²) in [5.74, 6) is 0.000983. The van der Waals surface area contributed by atoms with Crippen LogP contribution in [0.5, 0.6) is 11.5 Å². The summed E-state index contributed by atoms with van der Waals surface area (Å²) in [6.07, 6.45) is 0.501. The highest BCUT2D eigenvalue weighted by molar-refractivity contribution is 6.11. The van der Waals surface area contributed by atoms with Gasteiger partial charge in [0.1, 0.15) is 0 Å². The van der Waals surface area contributed by atoms with Gasteiger partial charge in [-0.3, -0.25) is 4.79 Å². The maximum absolute atomic E-state index is 13.5. The molecule has 33 heavy (non-hydrogen) atoms. The molecule has 1 aromatic heterocycles. The molecule has 6 nitrogen and oxygen atoms in total. The monoisotopic (exact) mass is 443 g/mol. The molecule has 0 aliphatic rings. The van der Waals surface area contributed by atoms with E-state index >= 15 is 0 Å². The standard InChI is InChI=1S/C27H25NO5/c1-17(2)32-23-14-13-19(15-24(23)31-3)27(30)33-26(18-9-5-4-6-10-18)25(29)21-16-28-22-12-8-7-11-20(21)22/h4-17,26,28H,1-3H3. The zero-order valence-corrected chi connectivity index (χ0v) is 18.7. The van der Waals surface area contributed by atoms with Gasteiger partial charge in [-0.15, -0.1) is 0 Å². The second-order valence-corrected chi connectivity index (χ2v) is 7.84. The number of H-pyrrole nitrogens is 1. The van der Waals surface area contributed by atoms with Crippen LogP contribution in [0.2, 0.25) is 0 Å². The molecule has 1 unspecified atom stereocenters. The van der Waals surface area contributed by atoms with Gasteiger partial charge < -0.3 is 19.2 Å². The Morgan fingerprint density at radius 1 is 0.879 bits per heavy atom. The van der Waals surface area contributed by atoms with E-state index in [4.69, 9.17) is 14.2 Å². The molecular weight excluding hydrogens is 418 g/mol. The van der Waals surface area contributed by atoms with Crippen LogP contribution in [0.25, 0.3) is 10.9 Å². The van der Waals surface area contributed by atoms with Crippen molar-refractivity contribution < 1.29 is 23.8 Å². The molecular formula is C27H25NO5. The van der Waals surface area contributed by atoms with Gasteiger partial charge in [-0.1, -0.05) is 48.5 Å². The number of esters is 1. The van der Waals surface area contributed by atoms with Crippen molar-refractivity contribution in [1.29, 1.82) is 0 Å². The van der Waals surface area contributed by atoms with E-state index in [0.717, 1.165) is 10.9 Å². The zero-order chi connectivity index (χ0) is 23.4. The number of Topliss-reactive ketones (excluding diaryl/α,β-unsaturated/α-hetero) is 1. The van der Waals surface area contributed by atoms with Crippen LogP contribution in [0.3, 0.4) is 0 Å². The van der Waals surface area contributed by atoms with Gasteiger partial charge in [-0.2, -0.15) is 0 Å². The van der Waals surface area contributed by atoms with E-state index < -0.39 is 12.1 Å². The first-order chi connectivity index (χ1) is 16.0. The molecule has 1 N–H and O–H groups in total. The lowest BCUT2D eigenvalue weighted by molar-refractivity contribution is 0.0280. The predicted octanol–water partition coefficient (Wildman–Crippen LogP) is 5.74. The average Bonchev–Trinajstić information content (AvgIpc) is 3.26. The fourth-order valence-corrected chi connectivity index (χ4v) is 3.64. The van der Waals surface area contributed by atoms with E-state index in [0.29, 0.717) is 22.6 Å². The van der Waals surface area contributed by atoms with Crippen molar-refractivity contribution in [2.24, 2.45) is 0 Å². The number of ketones is 1. The Hall–Kier alpha value is -4.06. The molecule has 0 spiro atoms. The van der Waals surface area contributed by atoms with Gasteiger partial charge in [0, 0.05) is 28.2 Å². The molecule has 0 saturated heterocycles. The summed E-state index contributed by atoms with van der Waals surface area (Å²) in [5, 5.41) is 0.774. The van der Waals surface area contributed by atoms with Crippen LogP contribution >= 0.6 is 0 Å². The first kappa shape index (κ1) is 22.1. The summed E-state index contributed by atoms with van der Waals surface area (Å²) in [5.41, 5.74) is 2.15. The Labute approximate surface area is 192 Å². The van der Waals surface area contributed by atoms with Crippen LogP contribution in [-0.4, -0.2) is 30.0 Å². The minimum absolute atomic E-state index is 0.0482. The van der Waals surface area contributed by atoms with Crippen LogP contribution in [0.4, 0.5) is 0 Å². The van der Waals surface area contributed by atoms with E-state index in [9.17, 15) is 9.59 Å². The smallest absolute Gasteiger partial charge is 0.339 e. The third kappa shape index (κ3) is 4.75. The molecule has 4 aromatic rings. The normalized spacial score (nSPS) is 11.9. The highest BCUT2D eigenvalue weighted by Crippen LogP contribution is 2.31. The molecule has 0 saturated carbocycles. The number of nitrogens with one attached hydrogen (secondary N) is 1. The number of carbonyl (C=O) groups excluding carboxylic acids is 2. The molecule has 0 fully saturated rings. The molecule has 0 aliphatic carbocycles. The highest BCUT2D eigenvalue weighted by Gasteiger charge is 2.29. The minimum atomic E-state index is -1.10. The summed E-state index contributed by atoms with van der Waals surface area (Å²) in [7, 11) is 1.50. The van der Waals surface area contributed by atoms with Crippen LogP contribution in [0, 0.1) is 0 Å². The van der Waals surface area contributed by atoms with Gasteiger partial charge in [-0.05, 0) is 38.1 Å². The molecule has 0 radical (unpaired) electrons. The van der Waals surface area contributed by atoms with Crippen molar-refractivity contribution in [3.8, 4) is 11.5 Å². The van der Waals surface area contributed by atoms with Gasteiger partial charge in [0.2, 0.25) is 5.78 Å². The number of hydrogen-bond acceptors (Lipinski definition) is 5. The summed E-state index contributed by atoms with van der Waals surface area (Å²) in [4.78, 5) is 29.7. The van der Waals surface area contributed by atoms with Gasteiger partial charge >= 0.3 is 5.97 Å². The Kier molecular flexibility index (Phi) is 6.45. The third-order valence-electron chi connectivity index (χ3n) is 5.18. The van der Waals surface area contributed by atoms with E-state index in [1.165, 1.54) is 7.11 Å². The number of rotatable bonds is 8. The van der Waals surface area contributed by atoms with Crippen molar-refractivity contribution in [2.45, 2.75) is 26.1 Å². The molecule has 4 rings (SSSR count). The molecule has 6 heteroatoms. The fraction of sp³-hybridized carbons (Fsp3) is 0.185. The zero-order valence-electron chi connectivity index (χ0n) is 18.7. The van der Waals surface area contributed by atoms with Crippen molar-refractivity contribution in [3.05, 3.63) is 95.7 Å². The molecule has 1 atom stereocenters. The number of hydrogen-bond donors (Lipinski definition) is 1. The second-order valence-electron chi connectivity index (χ2n) is 7.84. The van der Waals surface area contributed by atoms with Gasteiger partial charge in [0.05, 0.1) is 18.8 Å². The Morgan fingerprint density at radius 3 is 2.33 bits per heavy atom. The molecule has 0 bridgehead atoms. The van der Waals surface area contributed by atoms with Crippen molar-refractivity contribution in [1.82, 2.24) is 4.98 Å². The Morgan fingerprint density at radius 2 is 1.61 bits per heavy atom. The minimum Gasteiger partial charge on any atom is -0.493 e. The second kappa shape index (κ2) is 9.61. The number of methoxy groups -OCH3 is 1. The quantitative estimate of drug-likeness (QED) is 0.277. The van der Waals surface area contributed by atoms with Gasteiger partial charge in [0.15, 0.2) is 17.6 Å². The number of aromatic amines is 1. The van der Waals surface area contributed by atoms with Crippen LogP contribution < -0.4 is 9.47 Å². The van der Waals surface area contributed by atoms with Crippen LogP contribution in [0.15, 0.2) is 79.0 Å². The van der Waals surface area contributed by atoms with Crippen molar-refractivity contribution >= 4 is 22.7 Å². The predicted molar refractivity (Wildman–Crippen MR) is 126 cm³/mol. The fourth-order valence-electron chi connectivity index (χ4n) is 3.64. The summed E-state index contributed by atoms with van der Waals surface area (Å²) >= 11 is 0. The van der Waals surface area contributed by atoms with Crippen molar-refractivity contribution in [3.63, 3.8) is 0 Å². The van der Waals surface area contributed by atoms with Crippen molar-refractivity contribution in [2.75, 3.05) is 7.11 Å². The first-order valence-electron chi connectivity index (χ1n) is 10.7. The van der Waals surface area contributed by atoms with E-state index in [1.807, 2.05) is 44.2 Å². The molecule has 1 heterocycles. The van der Waals surface area contributed by atoms with Crippen LogP contribution in [0.1, 0.15) is 46.2 Å². The lowest BCUT2D eigenvalue weighted by Crippen LogP contribution is -2.20. The van der Waals surface area contributed by atoms with E-state index in [1.54, 1.807) is 48.7 Å². The number of ether oxygens (including phenoxy) is 3. The maximum atomic E-state index is 13.5. The highest BCUT2D eigenvalue weighted by atomic mass is 16.5. The summed E-state index contributed by atoms with van der Waals surface area (Å²) in [6.45, 7) is 3.81. The summed E-state index contributed by atoms with van der Waals surface area (Å²) < 4.78 is 16.9. The first-order valence-corrected chi connectivity index (χ1v) is 10.7. The van der Waals surface area contributed by atoms with Crippen LogP contribution in [-0.2, 0) is 4.74 Å². The van der Waals surface area contributed by atoms with E-state index in [-0.39, 0.29) is 17.5 Å². The van der Waals surface area contributed by atoms with Gasteiger partial charge in [-0.25, -0.2) is 4.79 Å². The van der Waals surface area contributed by atoms with Gasteiger partial charge in [0.25, 0.3) is 0 Å². The number of aromatic nitrogens is 1. The number of fused-ring (bicyclic) bond motifs is 1. The molecule has 168 valence electrons. The topological polar surface area (TPSA) is 77.6 Å². The third-order valence-corrected chi connectivity index (χ3v) is 5.18. The lowest BCUT2D eigenvalue weighted by atomic mass is 9.99. The average molecular weight is 443 g/mol. The number of carbonyl (C=O) groups is 2. The number of para-hydroxylation sites is 1. The Bertz CT molecular complexity index is 1280. The molecule has 0 aliphatic heterocycles.